The summed E-state index contributed by atoms with van der Waals surface area (Å²) in [6, 6.07) is 4.12. The van der Waals surface area contributed by atoms with E-state index in [2.05, 4.69) is 14.9 Å². The number of nitrogens with zero attached hydrogens (tertiary/aromatic N) is 5. The average molecular weight is 620 g/mol. The molecule has 0 N–H and O–H groups in total. The van der Waals surface area contributed by atoms with E-state index >= 15 is 0 Å². The predicted octanol–water partition coefficient (Wildman–Crippen LogP) is 6.03. The van der Waals surface area contributed by atoms with Crippen LogP contribution >= 0.6 is 11.6 Å². The molecule has 1 saturated carbocycles. The minimum absolute atomic E-state index is 0.0103. The predicted molar refractivity (Wildman–Crippen MR) is 123 cm³/mol. The molecule has 3 aromatic rings. The van der Waals surface area contributed by atoms with Crippen molar-refractivity contribution in [3.8, 4) is 22.7 Å². The summed E-state index contributed by atoms with van der Waals surface area (Å²) in [5.74, 6) is -3.26. The maximum absolute atomic E-state index is 14.8. The van der Waals surface area contributed by atoms with Gasteiger partial charge in [-0.15, -0.1) is 0 Å². The third kappa shape index (κ3) is 5.56. The van der Waals surface area contributed by atoms with Gasteiger partial charge in [0.1, 0.15) is 6.73 Å². The van der Waals surface area contributed by atoms with Crippen molar-refractivity contribution in [2.75, 3.05) is 13.8 Å². The lowest BCUT2D eigenvalue weighted by Gasteiger charge is -2.28. The van der Waals surface area contributed by atoms with Gasteiger partial charge in [-0.1, -0.05) is 17.7 Å². The van der Waals surface area contributed by atoms with Gasteiger partial charge in [-0.25, -0.2) is 13.8 Å². The number of hydrogen-bond acceptors (Lipinski definition) is 5. The lowest BCUT2D eigenvalue weighted by molar-refractivity contribution is -0.350. The molecule has 1 aromatic carbocycles. The molecule has 0 spiro atoms. The minimum Gasteiger partial charge on any atom is -0.429 e. The molecule has 2 aromatic heterocycles. The van der Waals surface area contributed by atoms with Gasteiger partial charge < -0.3 is 14.4 Å². The van der Waals surface area contributed by atoms with Crippen molar-refractivity contribution in [1.29, 1.82) is 0 Å². The molecule has 2 heterocycles. The summed E-state index contributed by atoms with van der Waals surface area (Å²) in [5, 5.41) is 6.83. The Morgan fingerprint density at radius 1 is 1.12 bits per heavy atom. The lowest BCUT2D eigenvalue weighted by Crippen LogP contribution is -2.51. The Bertz CT molecular complexity index is 1420. The van der Waals surface area contributed by atoms with E-state index in [9.17, 15) is 44.3 Å². The van der Waals surface area contributed by atoms with E-state index in [-0.39, 0.29) is 39.2 Å². The Labute approximate surface area is 230 Å². The number of aryl methyl sites for hydroxylation is 1. The fourth-order valence-electron chi connectivity index (χ4n) is 4.07. The van der Waals surface area contributed by atoms with E-state index in [1.165, 1.54) is 30.2 Å². The highest BCUT2D eigenvalue weighted by Gasteiger charge is 2.76. The Morgan fingerprint density at radius 3 is 2.29 bits per heavy atom. The highest BCUT2D eigenvalue weighted by Crippen LogP contribution is 2.56. The molecular weight excluding hydrogens is 601 g/mol. The number of halogens is 10. The van der Waals surface area contributed by atoms with Gasteiger partial charge >= 0.3 is 24.6 Å². The summed E-state index contributed by atoms with van der Waals surface area (Å²) in [6.45, 7) is -3.97. The van der Waals surface area contributed by atoms with Crippen LogP contribution in [0.4, 0.5) is 39.5 Å². The Hall–Kier alpha value is -3.47. The molecule has 8 nitrogen and oxygen atoms in total. The second kappa shape index (κ2) is 10.7. The number of alkyl halides is 9. The third-order valence-electron chi connectivity index (χ3n) is 6.14. The van der Waals surface area contributed by atoms with Crippen molar-refractivity contribution in [3.05, 3.63) is 46.9 Å². The molecule has 18 heteroatoms. The standard InChI is InChI=1S/C23H19ClF9N5O3/c1-36-18(16(41-20(25)26)17(35-36)21(27,22(28,29)30)23(31,32)33)38-9-12(8-34-38)11-3-6-15(24)14(7-11)19(39)37(10-40-2)13-4-5-13/h3,6-9,13,20H,4-5,10H2,1-2H3. The van der Waals surface area contributed by atoms with Crippen molar-refractivity contribution >= 4 is 17.5 Å². The molecule has 0 atom stereocenters. The van der Waals surface area contributed by atoms with E-state index in [0.29, 0.717) is 4.68 Å². The number of carbonyl (C=O) groups is 1. The van der Waals surface area contributed by atoms with E-state index in [0.717, 1.165) is 32.3 Å². The van der Waals surface area contributed by atoms with Crippen LogP contribution in [0.5, 0.6) is 5.75 Å². The molecule has 1 amide bonds. The molecule has 4 rings (SSSR count). The van der Waals surface area contributed by atoms with Gasteiger partial charge in [0.05, 0.1) is 16.8 Å². The van der Waals surface area contributed by atoms with Crippen molar-refractivity contribution in [3.63, 3.8) is 0 Å². The Morgan fingerprint density at radius 2 is 1.76 bits per heavy atom. The zero-order valence-electron chi connectivity index (χ0n) is 20.9. The van der Waals surface area contributed by atoms with Crippen LogP contribution in [0.25, 0.3) is 16.9 Å². The summed E-state index contributed by atoms with van der Waals surface area (Å²) in [5.41, 5.74) is -8.18. The summed E-state index contributed by atoms with van der Waals surface area (Å²) in [7, 11) is 2.19. The number of benzene rings is 1. The summed E-state index contributed by atoms with van der Waals surface area (Å²) < 4.78 is 131. The molecule has 41 heavy (non-hydrogen) atoms. The quantitative estimate of drug-likeness (QED) is 0.216. The fraction of sp³-hybridized carbons (Fsp3) is 0.435. The molecule has 0 radical (unpaired) electrons. The summed E-state index contributed by atoms with van der Waals surface area (Å²) in [6.07, 6.45) is -9.67. The van der Waals surface area contributed by atoms with E-state index in [1.54, 1.807) is 0 Å². The SMILES string of the molecule is COCN(C(=O)c1cc(-c2cnn(-c3c(OC(F)F)c(C(F)(C(F)(F)F)C(F)(F)F)nn3C)c2)ccc1Cl)C1CC1. The average Bonchev–Trinajstić information content (AvgIpc) is 3.50. The van der Waals surface area contributed by atoms with Crippen LogP contribution in [0.1, 0.15) is 28.9 Å². The van der Waals surface area contributed by atoms with Crippen molar-refractivity contribution in [2.45, 2.75) is 43.5 Å². The van der Waals surface area contributed by atoms with Gasteiger partial charge in [-0.2, -0.15) is 45.3 Å². The molecule has 1 aliphatic carbocycles. The first kappa shape index (κ1) is 30.5. The number of hydrogen-bond donors (Lipinski definition) is 0. The molecule has 224 valence electrons. The number of carbonyl (C=O) groups excluding carboxylic acids is 1. The van der Waals surface area contributed by atoms with Crippen LogP contribution in [-0.4, -0.2) is 69.2 Å². The van der Waals surface area contributed by atoms with E-state index in [4.69, 9.17) is 16.3 Å². The van der Waals surface area contributed by atoms with Gasteiger partial charge in [0.15, 0.2) is 17.3 Å². The van der Waals surface area contributed by atoms with E-state index in [1.807, 2.05) is 0 Å². The van der Waals surface area contributed by atoms with Crippen molar-refractivity contribution in [1.82, 2.24) is 24.5 Å². The van der Waals surface area contributed by atoms with Gasteiger partial charge in [0.2, 0.25) is 0 Å². The van der Waals surface area contributed by atoms with Gasteiger partial charge in [0, 0.05) is 32.0 Å². The molecule has 1 fully saturated rings. The van der Waals surface area contributed by atoms with Crippen LogP contribution in [0, 0.1) is 0 Å². The number of ether oxygens (including phenoxy) is 2. The third-order valence-corrected chi connectivity index (χ3v) is 6.47. The van der Waals surface area contributed by atoms with Crippen molar-refractivity contribution < 1.29 is 53.8 Å². The minimum atomic E-state index is -6.64. The number of amides is 1. The smallest absolute Gasteiger partial charge is 0.429 e. The second-order valence-electron chi connectivity index (χ2n) is 8.95. The normalized spacial score (nSPS) is 14.6. The maximum Gasteiger partial charge on any atom is 0.437 e. The Balaban J connectivity index is 1.80. The summed E-state index contributed by atoms with van der Waals surface area (Å²) in [4.78, 5) is 14.6. The molecular formula is C23H19ClF9N5O3. The molecule has 0 saturated heterocycles. The largest absolute Gasteiger partial charge is 0.437 e. The van der Waals surface area contributed by atoms with Crippen LogP contribution in [0.2, 0.25) is 5.02 Å². The highest BCUT2D eigenvalue weighted by molar-refractivity contribution is 6.34. The number of rotatable bonds is 9. The van der Waals surface area contributed by atoms with Crippen LogP contribution in [0.15, 0.2) is 30.6 Å². The van der Waals surface area contributed by atoms with Crippen LogP contribution < -0.4 is 4.74 Å². The molecule has 0 unspecified atom stereocenters. The van der Waals surface area contributed by atoms with E-state index < -0.39 is 47.8 Å². The van der Waals surface area contributed by atoms with Gasteiger partial charge in [-0.3, -0.25) is 4.79 Å². The molecule has 0 aliphatic heterocycles. The molecule has 0 bridgehead atoms. The van der Waals surface area contributed by atoms with Gasteiger partial charge in [0.25, 0.3) is 5.91 Å². The number of aromatic nitrogens is 4. The highest BCUT2D eigenvalue weighted by atomic mass is 35.5. The van der Waals surface area contributed by atoms with Gasteiger partial charge in [-0.05, 0) is 30.5 Å². The zero-order chi connectivity index (χ0) is 30.5. The lowest BCUT2D eigenvalue weighted by atomic mass is 9.99. The first-order chi connectivity index (χ1) is 19.0. The monoisotopic (exact) mass is 619 g/mol. The first-order valence-electron chi connectivity index (χ1n) is 11.5. The van der Waals surface area contributed by atoms with Crippen LogP contribution in [0.3, 0.4) is 0 Å². The topological polar surface area (TPSA) is 74.4 Å². The Kier molecular flexibility index (Phi) is 7.99. The summed E-state index contributed by atoms with van der Waals surface area (Å²) >= 11 is 6.23. The molecule has 1 aliphatic rings. The second-order valence-corrected chi connectivity index (χ2v) is 9.36. The number of methoxy groups -OCH3 is 1. The maximum atomic E-state index is 14.8. The van der Waals surface area contributed by atoms with Crippen molar-refractivity contribution in [2.24, 2.45) is 7.05 Å². The zero-order valence-corrected chi connectivity index (χ0v) is 21.7. The first-order valence-corrected chi connectivity index (χ1v) is 11.9. The van der Waals surface area contributed by atoms with Crippen LogP contribution in [-0.2, 0) is 17.5 Å². The fourth-order valence-corrected chi connectivity index (χ4v) is 4.26.